The molecule has 12 heavy (non-hydrogen) atoms. The summed E-state index contributed by atoms with van der Waals surface area (Å²) in [4.78, 5) is 12.4. The van der Waals surface area contributed by atoms with E-state index in [9.17, 15) is 4.79 Å². The third kappa shape index (κ3) is 1.93. The van der Waals surface area contributed by atoms with Crippen molar-refractivity contribution in [2.75, 3.05) is 0 Å². The van der Waals surface area contributed by atoms with Gasteiger partial charge in [0.05, 0.1) is 4.88 Å². The van der Waals surface area contributed by atoms with E-state index in [1.165, 1.54) is 11.3 Å². The van der Waals surface area contributed by atoms with Gasteiger partial charge in [-0.25, -0.2) is 0 Å². The number of hydrogen-bond acceptors (Lipinski definition) is 3. The van der Waals surface area contributed by atoms with Crippen LogP contribution in [0.4, 0.5) is 0 Å². The van der Waals surface area contributed by atoms with Crippen LogP contribution in [0.5, 0.6) is 0 Å². The van der Waals surface area contributed by atoms with Crippen LogP contribution in [0, 0.1) is 5.92 Å². The van der Waals surface area contributed by atoms with Crippen LogP contribution in [0.1, 0.15) is 23.5 Å². The minimum Gasteiger partial charge on any atom is -0.327 e. The standard InChI is InChI=1S/C9H13NOS/c1-6(7(2)10)9(11)8-4-3-5-12-8/h3-7H,10H2,1-2H3. The predicted molar refractivity (Wildman–Crippen MR) is 51.5 cm³/mol. The Morgan fingerprint density at radius 1 is 1.58 bits per heavy atom. The Bertz CT molecular complexity index is 254. The Kier molecular flexibility index (Phi) is 3.00. The molecule has 1 aromatic heterocycles. The molecule has 1 aromatic rings. The topological polar surface area (TPSA) is 43.1 Å². The maximum absolute atomic E-state index is 11.6. The van der Waals surface area contributed by atoms with Gasteiger partial charge in [0.15, 0.2) is 5.78 Å². The van der Waals surface area contributed by atoms with E-state index >= 15 is 0 Å². The largest absolute Gasteiger partial charge is 0.327 e. The maximum Gasteiger partial charge on any atom is 0.177 e. The fourth-order valence-corrected chi connectivity index (χ4v) is 1.64. The number of nitrogens with two attached hydrogens (primary N) is 1. The van der Waals surface area contributed by atoms with Crippen LogP contribution in [-0.2, 0) is 0 Å². The number of carbonyl (C=O) groups excluding carboxylic acids is 1. The summed E-state index contributed by atoms with van der Waals surface area (Å²) >= 11 is 1.47. The summed E-state index contributed by atoms with van der Waals surface area (Å²) in [7, 11) is 0. The zero-order chi connectivity index (χ0) is 9.14. The van der Waals surface area contributed by atoms with Gasteiger partial charge in [0, 0.05) is 12.0 Å². The summed E-state index contributed by atoms with van der Waals surface area (Å²) < 4.78 is 0. The molecule has 0 aliphatic rings. The lowest BCUT2D eigenvalue weighted by molar-refractivity contribution is 0.0921. The first kappa shape index (κ1) is 9.42. The average molecular weight is 183 g/mol. The molecule has 1 rings (SSSR count). The van der Waals surface area contributed by atoms with Gasteiger partial charge in [0.2, 0.25) is 0 Å². The number of carbonyl (C=O) groups is 1. The minimum atomic E-state index is -0.0800. The van der Waals surface area contributed by atoms with E-state index in [4.69, 9.17) is 5.73 Å². The van der Waals surface area contributed by atoms with Gasteiger partial charge >= 0.3 is 0 Å². The van der Waals surface area contributed by atoms with Gasteiger partial charge in [-0.05, 0) is 18.4 Å². The highest BCUT2D eigenvalue weighted by Gasteiger charge is 2.18. The zero-order valence-electron chi connectivity index (χ0n) is 7.28. The van der Waals surface area contributed by atoms with Crippen LogP contribution in [0.3, 0.4) is 0 Å². The lowest BCUT2D eigenvalue weighted by atomic mass is 9.98. The molecule has 2 unspecified atom stereocenters. The van der Waals surface area contributed by atoms with Gasteiger partial charge in [-0.1, -0.05) is 13.0 Å². The summed E-state index contributed by atoms with van der Waals surface area (Å²) in [6.07, 6.45) is 0. The number of hydrogen-bond donors (Lipinski definition) is 1. The molecule has 0 aromatic carbocycles. The third-order valence-corrected chi connectivity index (χ3v) is 2.85. The van der Waals surface area contributed by atoms with E-state index in [0.29, 0.717) is 0 Å². The molecule has 0 saturated carbocycles. The maximum atomic E-state index is 11.6. The van der Waals surface area contributed by atoms with Crippen molar-refractivity contribution in [3.63, 3.8) is 0 Å². The van der Waals surface area contributed by atoms with Crippen molar-refractivity contribution < 1.29 is 4.79 Å². The van der Waals surface area contributed by atoms with Gasteiger partial charge < -0.3 is 5.73 Å². The van der Waals surface area contributed by atoms with E-state index < -0.39 is 0 Å². The van der Waals surface area contributed by atoms with Gasteiger partial charge in [-0.2, -0.15) is 0 Å². The van der Waals surface area contributed by atoms with Gasteiger partial charge in [-0.15, -0.1) is 11.3 Å². The van der Waals surface area contributed by atoms with Gasteiger partial charge in [-0.3, -0.25) is 4.79 Å². The molecule has 2 atom stereocenters. The Balaban J connectivity index is 2.72. The van der Waals surface area contributed by atoms with E-state index in [1.807, 2.05) is 31.4 Å². The van der Waals surface area contributed by atoms with Crippen molar-refractivity contribution >= 4 is 17.1 Å². The van der Waals surface area contributed by atoms with E-state index in [2.05, 4.69) is 0 Å². The van der Waals surface area contributed by atoms with Crippen LogP contribution in [0.15, 0.2) is 17.5 Å². The molecule has 66 valence electrons. The normalized spacial score (nSPS) is 15.6. The summed E-state index contributed by atoms with van der Waals surface area (Å²) in [5.41, 5.74) is 5.63. The van der Waals surface area contributed by atoms with Crippen LogP contribution in [0.25, 0.3) is 0 Å². The molecular formula is C9H13NOS. The Morgan fingerprint density at radius 2 is 2.25 bits per heavy atom. The fourth-order valence-electron chi connectivity index (χ4n) is 0.882. The molecule has 3 heteroatoms. The van der Waals surface area contributed by atoms with E-state index in [1.54, 1.807) is 0 Å². The molecular weight excluding hydrogens is 170 g/mol. The first-order chi connectivity index (χ1) is 5.63. The summed E-state index contributed by atoms with van der Waals surface area (Å²) in [5.74, 6) is 0.0728. The summed E-state index contributed by atoms with van der Waals surface area (Å²) in [5, 5.41) is 1.90. The number of ketones is 1. The lowest BCUT2D eigenvalue weighted by Crippen LogP contribution is -2.30. The molecule has 2 N–H and O–H groups in total. The van der Waals surface area contributed by atoms with Crippen molar-refractivity contribution in [1.29, 1.82) is 0 Å². The average Bonchev–Trinajstić information content (AvgIpc) is 2.53. The quantitative estimate of drug-likeness (QED) is 0.727. The Morgan fingerprint density at radius 3 is 2.67 bits per heavy atom. The first-order valence-corrected chi connectivity index (χ1v) is 4.84. The second-order valence-corrected chi connectivity index (χ2v) is 3.94. The monoisotopic (exact) mass is 183 g/mol. The summed E-state index contributed by atoms with van der Waals surface area (Å²) in [6.45, 7) is 3.73. The van der Waals surface area contributed by atoms with Crippen molar-refractivity contribution in [2.24, 2.45) is 11.7 Å². The van der Waals surface area contributed by atoms with Crippen LogP contribution < -0.4 is 5.73 Å². The highest BCUT2D eigenvalue weighted by molar-refractivity contribution is 7.12. The second kappa shape index (κ2) is 3.83. The highest BCUT2D eigenvalue weighted by Crippen LogP contribution is 2.15. The molecule has 0 radical (unpaired) electrons. The molecule has 0 amide bonds. The van der Waals surface area contributed by atoms with Gasteiger partial charge in [0.25, 0.3) is 0 Å². The smallest absolute Gasteiger partial charge is 0.177 e. The SMILES string of the molecule is CC(N)C(C)C(=O)c1cccs1. The predicted octanol–water partition coefficient (Wildman–Crippen LogP) is 1.91. The van der Waals surface area contributed by atoms with Crippen molar-refractivity contribution in [2.45, 2.75) is 19.9 Å². The van der Waals surface area contributed by atoms with Crippen LogP contribution in [-0.4, -0.2) is 11.8 Å². The number of thiophene rings is 1. The molecule has 0 spiro atoms. The Hall–Kier alpha value is -0.670. The molecule has 0 fully saturated rings. The molecule has 0 saturated heterocycles. The lowest BCUT2D eigenvalue weighted by Gasteiger charge is -2.12. The number of Topliss-reactive ketones (excluding diaryl/α,β-unsaturated/α-hetero) is 1. The Labute approximate surface area is 76.4 Å². The minimum absolute atomic E-state index is 0.0698. The summed E-state index contributed by atoms with van der Waals surface area (Å²) in [6, 6.07) is 3.65. The zero-order valence-corrected chi connectivity index (χ0v) is 8.10. The highest BCUT2D eigenvalue weighted by atomic mass is 32.1. The second-order valence-electron chi connectivity index (χ2n) is 2.99. The first-order valence-electron chi connectivity index (χ1n) is 3.96. The molecule has 2 nitrogen and oxygen atoms in total. The van der Waals surface area contributed by atoms with Crippen molar-refractivity contribution in [3.05, 3.63) is 22.4 Å². The molecule has 0 aliphatic heterocycles. The number of rotatable bonds is 3. The molecule has 0 aliphatic carbocycles. The van der Waals surface area contributed by atoms with E-state index in [-0.39, 0.29) is 17.7 Å². The van der Waals surface area contributed by atoms with Gasteiger partial charge in [0.1, 0.15) is 0 Å². The fraction of sp³-hybridized carbons (Fsp3) is 0.444. The molecule has 1 heterocycles. The molecule has 0 bridgehead atoms. The third-order valence-electron chi connectivity index (χ3n) is 1.97. The van der Waals surface area contributed by atoms with Crippen LogP contribution in [0.2, 0.25) is 0 Å². The van der Waals surface area contributed by atoms with Crippen molar-refractivity contribution in [1.82, 2.24) is 0 Å². The van der Waals surface area contributed by atoms with Crippen LogP contribution >= 0.6 is 11.3 Å². The van der Waals surface area contributed by atoms with Crippen molar-refractivity contribution in [3.8, 4) is 0 Å². The van der Waals surface area contributed by atoms with E-state index in [0.717, 1.165) is 4.88 Å².